The van der Waals surface area contributed by atoms with Gasteiger partial charge in [-0.15, -0.1) is 0 Å². The van der Waals surface area contributed by atoms with E-state index in [9.17, 15) is 4.79 Å². The smallest absolute Gasteiger partial charge is 0.305 e. The van der Waals surface area contributed by atoms with Crippen LogP contribution >= 0.6 is 0 Å². The fourth-order valence-electron chi connectivity index (χ4n) is 5.42. The summed E-state index contributed by atoms with van der Waals surface area (Å²) in [6, 6.07) is 16.3. The normalized spacial score (nSPS) is 19.4. The number of methoxy groups -OCH3 is 1. The molecule has 0 aromatic heterocycles. The van der Waals surface area contributed by atoms with E-state index < -0.39 is 11.9 Å². The van der Waals surface area contributed by atoms with Gasteiger partial charge in [-0.3, -0.25) is 4.79 Å². The van der Waals surface area contributed by atoms with E-state index >= 15 is 0 Å². The number of hydrogen-bond acceptors (Lipinski definition) is 6. The lowest BCUT2D eigenvalue weighted by Crippen LogP contribution is -2.31. The minimum atomic E-state index is -0.643. The fraction of sp³-hybridized carbons (Fsp3) is 0.367. The van der Waals surface area contributed by atoms with Crippen LogP contribution in [0.15, 0.2) is 48.5 Å². The molecule has 6 heteroatoms. The summed E-state index contributed by atoms with van der Waals surface area (Å²) in [6.07, 6.45) is -0.765. The fourth-order valence-corrected chi connectivity index (χ4v) is 5.42. The van der Waals surface area contributed by atoms with Crippen molar-refractivity contribution in [2.75, 3.05) is 7.11 Å². The largest absolute Gasteiger partial charge is 0.489 e. The van der Waals surface area contributed by atoms with Gasteiger partial charge < -0.3 is 23.7 Å². The van der Waals surface area contributed by atoms with Crippen molar-refractivity contribution in [2.24, 2.45) is 0 Å². The number of carbonyl (C=O) groups excluding carboxylic acids is 1. The molecule has 0 N–H and O–H groups in total. The van der Waals surface area contributed by atoms with Gasteiger partial charge in [0.25, 0.3) is 0 Å². The van der Waals surface area contributed by atoms with Gasteiger partial charge in [-0.05, 0) is 91.4 Å². The summed E-state index contributed by atoms with van der Waals surface area (Å²) in [5, 5.41) is 0. The minimum absolute atomic E-state index is 0.123. The molecule has 0 bridgehead atoms. The molecule has 2 aliphatic rings. The predicted octanol–water partition coefficient (Wildman–Crippen LogP) is 6.50. The third kappa shape index (κ3) is 4.36. The van der Waals surface area contributed by atoms with Gasteiger partial charge in [0.1, 0.15) is 29.8 Å². The molecule has 0 fully saturated rings. The lowest BCUT2D eigenvalue weighted by molar-refractivity contribution is -0.175. The van der Waals surface area contributed by atoms with Crippen molar-refractivity contribution in [3.8, 4) is 22.6 Å². The lowest BCUT2D eigenvalue weighted by Gasteiger charge is -2.25. The summed E-state index contributed by atoms with van der Waals surface area (Å²) in [5.74, 6) is 1.29. The Kier molecular flexibility index (Phi) is 6.27. The Labute approximate surface area is 212 Å². The summed E-state index contributed by atoms with van der Waals surface area (Å²) in [6.45, 7) is 10.6. The Hall–Kier alpha value is -3.35. The van der Waals surface area contributed by atoms with Gasteiger partial charge >= 0.3 is 5.97 Å². The first kappa shape index (κ1) is 24.3. The van der Waals surface area contributed by atoms with E-state index in [0.29, 0.717) is 13.2 Å². The number of rotatable bonds is 6. The van der Waals surface area contributed by atoms with E-state index in [1.165, 1.54) is 18.1 Å². The molecular formula is C30H32O6. The molecule has 3 aromatic carbocycles. The second kappa shape index (κ2) is 9.26. The molecule has 5 rings (SSSR count). The molecule has 0 aliphatic carbocycles. The van der Waals surface area contributed by atoms with Crippen LogP contribution in [0.2, 0.25) is 0 Å². The standard InChI is InChI=1S/C30H32O6/c1-17-12-25-27(28(32-6)30(4,5)36-25)18(2)26(17)21-9-7-8-20(13-21)15-33-23-10-11-24-22(14-23)16-34-29(24)35-19(3)31/h7-14,28-29H,15-16H2,1-6H3/t28?,29-/m0/s1. The summed E-state index contributed by atoms with van der Waals surface area (Å²) < 4.78 is 29.0. The van der Waals surface area contributed by atoms with Crippen LogP contribution in [0.1, 0.15) is 66.5 Å². The first-order chi connectivity index (χ1) is 17.2. The number of hydrogen-bond donors (Lipinski definition) is 0. The molecule has 188 valence electrons. The zero-order valence-electron chi connectivity index (χ0n) is 21.6. The number of fused-ring (bicyclic) bond motifs is 2. The average Bonchev–Trinajstić information content (AvgIpc) is 3.33. The van der Waals surface area contributed by atoms with Crippen molar-refractivity contribution in [3.05, 3.63) is 81.9 Å². The molecule has 2 heterocycles. The van der Waals surface area contributed by atoms with Crippen molar-refractivity contribution < 1.29 is 28.5 Å². The number of carbonyl (C=O) groups is 1. The van der Waals surface area contributed by atoms with Crippen LogP contribution in [-0.4, -0.2) is 18.7 Å². The molecule has 3 aromatic rings. The molecule has 0 spiro atoms. The topological polar surface area (TPSA) is 63.2 Å². The highest BCUT2D eigenvalue weighted by molar-refractivity contribution is 5.75. The molecule has 0 saturated carbocycles. The number of aryl methyl sites for hydroxylation is 1. The van der Waals surface area contributed by atoms with Crippen LogP contribution in [0.3, 0.4) is 0 Å². The molecule has 0 amide bonds. The van der Waals surface area contributed by atoms with E-state index in [4.69, 9.17) is 23.7 Å². The summed E-state index contributed by atoms with van der Waals surface area (Å²) >= 11 is 0. The van der Waals surface area contributed by atoms with Gasteiger partial charge in [0.2, 0.25) is 6.29 Å². The maximum atomic E-state index is 11.3. The van der Waals surface area contributed by atoms with E-state index in [0.717, 1.165) is 44.9 Å². The van der Waals surface area contributed by atoms with Crippen LogP contribution in [-0.2, 0) is 32.2 Å². The summed E-state index contributed by atoms with van der Waals surface area (Å²) in [7, 11) is 1.74. The van der Waals surface area contributed by atoms with Crippen LogP contribution in [0.5, 0.6) is 11.5 Å². The molecule has 1 unspecified atom stereocenters. The van der Waals surface area contributed by atoms with Crippen molar-refractivity contribution in [3.63, 3.8) is 0 Å². The van der Waals surface area contributed by atoms with Crippen LogP contribution in [0.25, 0.3) is 11.1 Å². The van der Waals surface area contributed by atoms with Gasteiger partial charge in [-0.2, -0.15) is 0 Å². The molecule has 36 heavy (non-hydrogen) atoms. The average molecular weight is 489 g/mol. The summed E-state index contributed by atoms with van der Waals surface area (Å²) in [4.78, 5) is 11.3. The van der Waals surface area contributed by atoms with Gasteiger partial charge in [0.15, 0.2) is 0 Å². The van der Waals surface area contributed by atoms with Gasteiger partial charge in [0.05, 0.1) is 6.61 Å². The predicted molar refractivity (Wildman–Crippen MR) is 136 cm³/mol. The van der Waals surface area contributed by atoms with Gasteiger partial charge in [0, 0.05) is 25.2 Å². The Morgan fingerprint density at radius 3 is 2.67 bits per heavy atom. The molecule has 6 nitrogen and oxygen atoms in total. The van der Waals surface area contributed by atoms with Gasteiger partial charge in [-0.25, -0.2) is 0 Å². The quantitative estimate of drug-likeness (QED) is 0.369. The van der Waals surface area contributed by atoms with E-state index in [1.807, 2.05) is 18.2 Å². The Morgan fingerprint density at radius 1 is 1.11 bits per heavy atom. The van der Waals surface area contributed by atoms with E-state index in [1.54, 1.807) is 7.11 Å². The SMILES string of the molecule is COC1c2c(cc(C)c(-c3cccc(COc4ccc5c(c4)CO[C@H]5OC(C)=O)c3)c2C)OC1(C)C. The highest BCUT2D eigenvalue weighted by atomic mass is 16.7. The van der Waals surface area contributed by atoms with Crippen molar-refractivity contribution in [1.82, 2.24) is 0 Å². The van der Waals surface area contributed by atoms with E-state index in [-0.39, 0.29) is 12.1 Å². The number of ether oxygens (including phenoxy) is 5. The van der Waals surface area contributed by atoms with Crippen molar-refractivity contribution in [1.29, 1.82) is 0 Å². The van der Waals surface area contributed by atoms with E-state index in [2.05, 4.69) is 58.0 Å². The Balaban J connectivity index is 1.37. The Bertz CT molecular complexity index is 1330. The first-order valence-corrected chi connectivity index (χ1v) is 12.2. The Morgan fingerprint density at radius 2 is 1.92 bits per heavy atom. The maximum Gasteiger partial charge on any atom is 0.305 e. The summed E-state index contributed by atoms with van der Waals surface area (Å²) in [5.41, 5.74) is 8.29. The molecule has 2 atom stereocenters. The zero-order chi connectivity index (χ0) is 25.6. The number of esters is 1. The monoisotopic (exact) mass is 488 g/mol. The number of benzene rings is 3. The molecule has 0 saturated heterocycles. The highest BCUT2D eigenvalue weighted by Gasteiger charge is 2.43. The van der Waals surface area contributed by atoms with Crippen molar-refractivity contribution in [2.45, 2.75) is 65.8 Å². The third-order valence-corrected chi connectivity index (χ3v) is 6.94. The highest BCUT2D eigenvalue weighted by Crippen LogP contribution is 2.49. The lowest BCUT2D eigenvalue weighted by atomic mass is 9.87. The van der Waals surface area contributed by atoms with Crippen LogP contribution in [0, 0.1) is 13.8 Å². The van der Waals surface area contributed by atoms with Crippen LogP contribution < -0.4 is 9.47 Å². The minimum Gasteiger partial charge on any atom is -0.489 e. The third-order valence-electron chi connectivity index (χ3n) is 6.94. The van der Waals surface area contributed by atoms with Gasteiger partial charge in [-0.1, -0.05) is 18.2 Å². The molecule has 2 aliphatic heterocycles. The second-order valence-electron chi connectivity index (χ2n) is 10.0. The first-order valence-electron chi connectivity index (χ1n) is 12.2. The van der Waals surface area contributed by atoms with Crippen LogP contribution in [0.4, 0.5) is 0 Å². The maximum absolute atomic E-state index is 11.3. The zero-order valence-corrected chi connectivity index (χ0v) is 21.6. The molecule has 0 radical (unpaired) electrons. The molecular weight excluding hydrogens is 456 g/mol. The second-order valence-corrected chi connectivity index (χ2v) is 10.0. The van der Waals surface area contributed by atoms with Crippen molar-refractivity contribution >= 4 is 5.97 Å².